The van der Waals surface area contributed by atoms with Crippen LogP contribution in [0.4, 0.5) is 0 Å². The van der Waals surface area contributed by atoms with Crippen LogP contribution in [-0.4, -0.2) is 33.9 Å². The molecule has 1 aromatic carbocycles. The van der Waals surface area contributed by atoms with Gasteiger partial charge in [-0.25, -0.2) is 0 Å². The molecule has 1 aromatic rings. The topological polar surface area (TPSA) is 9.23 Å². The van der Waals surface area contributed by atoms with Crippen molar-refractivity contribution in [2.45, 2.75) is 31.0 Å². The van der Waals surface area contributed by atoms with Crippen molar-refractivity contribution < 1.29 is 4.74 Å². The minimum atomic E-state index is -0.904. The number of ether oxygens (including phenoxy) is 1. The van der Waals surface area contributed by atoms with Gasteiger partial charge in [0.1, 0.15) is 0 Å². The molecule has 0 saturated carbocycles. The normalized spacial score (nSPS) is 11.3. The Morgan fingerprint density at radius 1 is 1.24 bits per heavy atom. The Bertz CT molecular complexity index is 370. The van der Waals surface area contributed by atoms with Gasteiger partial charge in [-0.15, -0.1) is 0 Å². The summed E-state index contributed by atoms with van der Waals surface area (Å²) < 4.78 is 6.28. The summed E-state index contributed by atoms with van der Waals surface area (Å²) in [5.74, 6) is 0.895. The van der Waals surface area contributed by atoms with Crippen LogP contribution in [0.5, 0.6) is 5.75 Å². The summed E-state index contributed by atoms with van der Waals surface area (Å²) in [5.41, 5.74) is 1.19. The Hall–Kier alpha value is -0.154. The molecule has 17 heavy (non-hydrogen) atoms. The fourth-order valence-electron chi connectivity index (χ4n) is 1.26. The summed E-state index contributed by atoms with van der Waals surface area (Å²) in [7, 11) is 0.782. The van der Waals surface area contributed by atoms with E-state index in [0.717, 1.165) is 9.51 Å². The van der Waals surface area contributed by atoms with E-state index < -0.39 is 8.07 Å². The molecule has 0 fully saturated rings. The summed E-state index contributed by atoms with van der Waals surface area (Å²) >= 11 is 5.95. The summed E-state index contributed by atoms with van der Waals surface area (Å²) in [4.78, 5) is 0. The van der Waals surface area contributed by atoms with E-state index in [1.165, 1.54) is 16.9 Å². The maximum atomic E-state index is 5.49. The van der Waals surface area contributed by atoms with Crippen molar-refractivity contribution in [1.29, 1.82) is 0 Å². The number of methoxy groups -OCH3 is 1. The van der Waals surface area contributed by atoms with Gasteiger partial charge in [-0.3, -0.25) is 0 Å². The quantitative estimate of drug-likeness (QED) is 0.579. The van der Waals surface area contributed by atoms with E-state index in [1.54, 1.807) is 7.11 Å². The molecule has 0 N–H and O–H groups in total. The molecular weight excluding hydrogens is 311 g/mol. The van der Waals surface area contributed by atoms with E-state index in [-0.39, 0.29) is 0 Å². The van der Waals surface area contributed by atoms with Crippen LogP contribution in [0.1, 0.15) is 5.56 Å². The maximum absolute atomic E-state index is 5.49. The van der Waals surface area contributed by atoms with Gasteiger partial charge in [0.2, 0.25) is 0 Å². The van der Waals surface area contributed by atoms with Crippen molar-refractivity contribution in [1.82, 2.24) is 0 Å². The molecule has 0 atom stereocenters. The molecular formula is C13H20OSSeSi. The van der Waals surface area contributed by atoms with Crippen LogP contribution < -0.4 is 4.74 Å². The predicted octanol–water partition coefficient (Wildman–Crippen LogP) is 3.83. The molecule has 4 heteroatoms. The fraction of sp³-hybridized carbons (Fsp3) is 0.462. The third-order valence-electron chi connectivity index (χ3n) is 2.41. The fourth-order valence-corrected chi connectivity index (χ4v) is 8.06. The Kier molecular flexibility index (Phi) is 5.87. The number of thiocarbonyl (C=S) groups is 1. The second-order valence-corrected chi connectivity index (χ2v) is 14.1. The van der Waals surface area contributed by atoms with Gasteiger partial charge in [0, 0.05) is 0 Å². The van der Waals surface area contributed by atoms with Crippen LogP contribution in [0.2, 0.25) is 31.0 Å². The molecule has 0 aliphatic carbocycles. The Morgan fingerprint density at radius 3 is 2.29 bits per heavy atom. The Morgan fingerprint density at radius 2 is 1.82 bits per heavy atom. The number of hydrogen-bond donors (Lipinski definition) is 0. The number of benzene rings is 1. The van der Waals surface area contributed by atoms with Gasteiger partial charge in [0.25, 0.3) is 0 Å². The van der Waals surface area contributed by atoms with Gasteiger partial charge in [0.15, 0.2) is 0 Å². The van der Waals surface area contributed by atoms with Gasteiger partial charge in [-0.2, -0.15) is 0 Å². The van der Waals surface area contributed by atoms with E-state index in [2.05, 4.69) is 31.8 Å². The van der Waals surface area contributed by atoms with E-state index in [4.69, 9.17) is 17.0 Å². The van der Waals surface area contributed by atoms with Crippen molar-refractivity contribution in [2.75, 3.05) is 7.11 Å². The molecule has 0 radical (unpaired) electrons. The van der Waals surface area contributed by atoms with Crippen molar-refractivity contribution in [2.24, 2.45) is 0 Å². The van der Waals surface area contributed by atoms with Crippen molar-refractivity contribution >= 4 is 39.0 Å². The first-order valence-electron chi connectivity index (χ1n) is 5.73. The molecule has 0 aliphatic heterocycles. The van der Waals surface area contributed by atoms with Crippen LogP contribution in [0, 0.1) is 0 Å². The average Bonchev–Trinajstić information content (AvgIpc) is 2.27. The van der Waals surface area contributed by atoms with Crippen molar-refractivity contribution in [3.63, 3.8) is 0 Å². The minimum absolute atomic E-state index is 0.463. The molecule has 0 heterocycles. The molecule has 0 amide bonds. The van der Waals surface area contributed by atoms with Gasteiger partial charge >= 0.3 is 117 Å². The predicted molar refractivity (Wildman–Crippen MR) is 83.4 cm³/mol. The third-order valence-corrected chi connectivity index (χ3v) is 7.72. The molecule has 94 valence electrons. The Balaban J connectivity index is 2.47. The van der Waals surface area contributed by atoms with Crippen LogP contribution in [0.25, 0.3) is 0 Å². The second kappa shape index (κ2) is 6.69. The summed E-state index contributed by atoms with van der Waals surface area (Å²) in [6.07, 6.45) is 0. The molecule has 0 bridgehead atoms. The second-order valence-electron chi connectivity index (χ2n) is 5.18. The number of rotatable bonds is 6. The zero-order valence-electron chi connectivity index (χ0n) is 10.9. The summed E-state index contributed by atoms with van der Waals surface area (Å²) in [5, 5.41) is 1.29. The Labute approximate surface area is 117 Å². The molecule has 1 rings (SSSR count). The molecule has 0 spiro atoms. The zero-order chi connectivity index (χ0) is 12.9. The van der Waals surface area contributed by atoms with E-state index in [1.807, 2.05) is 12.1 Å². The van der Waals surface area contributed by atoms with Crippen molar-refractivity contribution in [3.05, 3.63) is 29.8 Å². The molecule has 0 aromatic heterocycles. The standard InChI is InChI=1S/C13H20OSSeSi/c1-14-12-7-5-11(6-8-12)13(15)16-9-10-17(2,3)4/h5-8H,9-10H2,1-4H3. The molecule has 0 unspecified atom stereocenters. The van der Waals surface area contributed by atoms with Crippen LogP contribution in [0.15, 0.2) is 24.3 Å². The first-order valence-corrected chi connectivity index (χ1v) is 11.9. The van der Waals surface area contributed by atoms with Gasteiger partial charge < -0.3 is 0 Å². The van der Waals surface area contributed by atoms with Gasteiger partial charge in [0.05, 0.1) is 0 Å². The monoisotopic (exact) mass is 332 g/mol. The van der Waals surface area contributed by atoms with Crippen LogP contribution in [0.3, 0.4) is 0 Å². The summed E-state index contributed by atoms with van der Waals surface area (Å²) in [6, 6.07) is 9.48. The first-order chi connectivity index (χ1) is 7.92. The van der Waals surface area contributed by atoms with Gasteiger partial charge in [-0.05, 0) is 0 Å². The SMILES string of the molecule is COc1ccc(C(=S)[Se]CC[Si](C)(C)C)cc1. The van der Waals surface area contributed by atoms with Gasteiger partial charge in [-0.1, -0.05) is 0 Å². The average molecular weight is 331 g/mol. The molecule has 0 saturated heterocycles. The van der Waals surface area contributed by atoms with Crippen LogP contribution >= 0.6 is 12.2 Å². The summed E-state index contributed by atoms with van der Waals surface area (Å²) in [6.45, 7) is 7.25. The molecule has 0 aliphatic rings. The number of hydrogen-bond acceptors (Lipinski definition) is 2. The van der Waals surface area contributed by atoms with Crippen LogP contribution in [-0.2, 0) is 0 Å². The van der Waals surface area contributed by atoms with E-state index in [9.17, 15) is 0 Å². The zero-order valence-corrected chi connectivity index (χ0v) is 14.5. The third kappa shape index (κ3) is 5.82. The molecule has 1 nitrogen and oxygen atoms in total. The first kappa shape index (κ1) is 14.9. The van der Waals surface area contributed by atoms with E-state index in [0.29, 0.717) is 15.0 Å². The van der Waals surface area contributed by atoms with Crippen molar-refractivity contribution in [3.8, 4) is 5.75 Å². The van der Waals surface area contributed by atoms with E-state index >= 15 is 0 Å².